The third kappa shape index (κ3) is 3.63. The highest BCUT2D eigenvalue weighted by molar-refractivity contribution is 5.26. The third-order valence-corrected chi connectivity index (χ3v) is 2.69. The molecule has 2 nitrogen and oxygen atoms in total. The van der Waals surface area contributed by atoms with Crippen molar-refractivity contribution in [2.45, 2.75) is 26.8 Å². The summed E-state index contributed by atoms with van der Waals surface area (Å²) in [5.41, 5.74) is 2.09. The summed E-state index contributed by atoms with van der Waals surface area (Å²) in [6.45, 7) is 6.43. The predicted molar refractivity (Wildman–Crippen MR) is 62.3 cm³/mol. The standard InChI is InChI=1S/C13H17FN2/c1-3-16(8-4-7-15)10-12-5-6-13(14)9-11(12)2/h5-6,9H,3-4,8,10H2,1-2H3. The highest BCUT2D eigenvalue weighted by Crippen LogP contribution is 2.12. The number of rotatable bonds is 5. The van der Waals surface area contributed by atoms with Gasteiger partial charge in [0.05, 0.1) is 6.07 Å². The Hall–Kier alpha value is -1.40. The summed E-state index contributed by atoms with van der Waals surface area (Å²) in [6.07, 6.45) is 0.536. The third-order valence-electron chi connectivity index (χ3n) is 2.69. The van der Waals surface area contributed by atoms with Crippen LogP contribution in [0.25, 0.3) is 0 Å². The van der Waals surface area contributed by atoms with Crippen LogP contribution in [0.4, 0.5) is 4.39 Å². The van der Waals surface area contributed by atoms with Gasteiger partial charge in [0.15, 0.2) is 0 Å². The van der Waals surface area contributed by atoms with Gasteiger partial charge in [0.25, 0.3) is 0 Å². The van der Waals surface area contributed by atoms with Crippen LogP contribution >= 0.6 is 0 Å². The summed E-state index contributed by atoms with van der Waals surface area (Å²) in [6, 6.07) is 7.00. The molecule has 0 spiro atoms. The van der Waals surface area contributed by atoms with Crippen molar-refractivity contribution in [2.24, 2.45) is 0 Å². The summed E-state index contributed by atoms with van der Waals surface area (Å²) < 4.78 is 12.9. The largest absolute Gasteiger partial charge is 0.298 e. The highest BCUT2D eigenvalue weighted by Gasteiger charge is 2.06. The lowest BCUT2D eigenvalue weighted by Crippen LogP contribution is -2.24. The van der Waals surface area contributed by atoms with Crippen LogP contribution in [0.15, 0.2) is 18.2 Å². The summed E-state index contributed by atoms with van der Waals surface area (Å²) in [4.78, 5) is 2.18. The van der Waals surface area contributed by atoms with Crippen molar-refractivity contribution in [3.8, 4) is 6.07 Å². The molecule has 0 aliphatic heterocycles. The van der Waals surface area contributed by atoms with Gasteiger partial charge in [-0.1, -0.05) is 13.0 Å². The number of hydrogen-bond donors (Lipinski definition) is 0. The molecule has 1 rings (SSSR count). The SMILES string of the molecule is CCN(CCC#N)Cc1ccc(F)cc1C. The molecule has 3 heteroatoms. The first-order valence-electron chi connectivity index (χ1n) is 5.51. The molecule has 0 bridgehead atoms. The second kappa shape index (κ2) is 6.24. The fourth-order valence-electron chi connectivity index (χ4n) is 1.63. The van der Waals surface area contributed by atoms with Gasteiger partial charge in [0.1, 0.15) is 5.82 Å². The Morgan fingerprint density at radius 3 is 2.75 bits per heavy atom. The fourth-order valence-corrected chi connectivity index (χ4v) is 1.63. The molecule has 0 fully saturated rings. The minimum atomic E-state index is -0.193. The maximum atomic E-state index is 12.9. The van der Waals surface area contributed by atoms with E-state index in [1.54, 1.807) is 6.07 Å². The first-order valence-corrected chi connectivity index (χ1v) is 5.51. The molecule has 0 atom stereocenters. The molecule has 0 saturated carbocycles. The van der Waals surface area contributed by atoms with E-state index in [0.29, 0.717) is 6.42 Å². The minimum Gasteiger partial charge on any atom is -0.298 e. The maximum absolute atomic E-state index is 12.9. The number of halogens is 1. The molecule has 0 saturated heterocycles. The highest BCUT2D eigenvalue weighted by atomic mass is 19.1. The average Bonchev–Trinajstić information content (AvgIpc) is 2.27. The number of benzene rings is 1. The van der Waals surface area contributed by atoms with E-state index in [2.05, 4.69) is 17.9 Å². The van der Waals surface area contributed by atoms with E-state index < -0.39 is 0 Å². The second-order valence-electron chi connectivity index (χ2n) is 3.85. The quantitative estimate of drug-likeness (QED) is 0.763. The zero-order valence-electron chi connectivity index (χ0n) is 9.83. The number of nitriles is 1. The average molecular weight is 220 g/mol. The zero-order chi connectivity index (χ0) is 12.0. The van der Waals surface area contributed by atoms with Gasteiger partial charge in [-0.25, -0.2) is 4.39 Å². The number of aryl methyl sites for hydroxylation is 1. The van der Waals surface area contributed by atoms with Gasteiger partial charge < -0.3 is 0 Å². The fraction of sp³-hybridized carbons (Fsp3) is 0.462. The first-order chi connectivity index (χ1) is 7.67. The van der Waals surface area contributed by atoms with Crippen molar-refractivity contribution >= 4 is 0 Å². The molecule has 16 heavy (non-hydrogen) atoms. The lowest BCUT2D eigenvalue weighted by Gasteiger charge is -2.20. The van der Waals surface area contributed by atoms with Crippen molar-refractivity contribution in [1.82, 2.24) is 4.90 Å². The Morgan fingerprint density at radius 2 is 2.19 bits per heavy atom. The molecule has 0 amide bonds. The summed E-state index contributed by atoms with van der Waals surface area (Å²) >= 11 is 0. The van der Waals surface area contributed by atoms with Gasteiger partial charge in [-0.05, 0) is 36.7 Å². The van der Waals surface area contributed by atoms with Gasteiger partial charge >= 0.3 is 0 Å². The van der Waals surface area contributed by atoms with E-state index in [0.717, 1.165) is 30.8 Å². The molecular formula is C13H17FN2. The molecule has 86 valence electrons. The summed E-state index contributed by atoms with van der Waals surface area (Å²) in [5, 5.41) is 8.54. The molecule has 1 aromatic rings. The van der Waals surface area contributed by atoms with Crippen molar-refractivity contribution < 1.29 is 4.39 Å². The van der Waals surface area contributed by atoms with Crippen molar-refractivity contribution in [3.63, 3.8) is 0 Å². The van der Waals surface area contributed by atoms with Gasteiger partial charge in [0, 0.05) is 19.5 Å². The summed E-state index contributed by atoms with van der Waals surface area (Å²) in [5.74, 6) is -0.193. The minimum absolute atomic E-state index is 0.193. The smallest absolute Gasteiger partial charge is 0.123 e. The van der Waals surface area contributed by atoms with Crippen molar-refractivity contribution in [1.29, 1.82) is 5.26 Å². The lowest BCUT2D eigenvalue weighted by atomic mass is 10.1. The number of hydrogen-bond acceptors (Lipinski definition) is 2. The van der Waals surface area contributed by atoms with Gasteiger partial charge in [0.2, 0.25) is 0 Å². The van der Waals surface area contributed by atoms with E-state index in [4.69, 9.17) is 5.26 Å². The molecular weight excluding hydrogens is 203 g/mol. The molecule has 0 unspecified atom stereocenters. The maximum Gasteiger partial charge on any atom is 0.123 e. The topological polar surface area (TPSA) is 27.0 Å². The molecule has 0 heterocycles. The van der Waals surface area contributed by atoms with Crippen LogP contribution in [-0.4, -0.2) is 18.0 Å². The van der Waals surface area contributed by atoms with Crippen LogP contribution in [0, 0.1) is 24.1 Å². The van der Waals surface area contributed by atoms with Gasteiger partial charge in [-0.3, -0.25) is 4.90 Å². The van der Waals surface area contributed by atoms with E-state index in [1.165, 1.54) is 6.07 Å². The molecule has 0 radical (unpaired) electrons. The van der Waals surface area contributed by atoms with Crippen LogP contribution in [0.5, 0.6) is 0 Å². The van der Waals surface area contributed by atoms with Crippen LogP contribution < -0.4 is 0 Å². The van der Waals surface area contributed by atoms with Crippen molar-refractivity contribution in [2.75, 3.05) is 13.1 Å². The van der Waals surface area contributed by atoms with Crippen LogP contribution in [-0.2, 0) is 6.54 Å². The van der Waals surface area contributed by atoms with Crippen LogP contribution in [0.1, 0.15) is 24.5 Å². The second-order valence-corrected chi connectivity index (χ2v) is 3.85. The molecule has 0 aliphatic rings. The van der Waals surface area contributed by atoms with E-state index in [1.807, 2.05) is 13.0 Å². The Labute approximate surface area is 96.3 Å². The zero-order valence-corrected chi connectivity index (χ0v) is 9.83. The molecule has 0 aliphatic carbocycles. The normalized spacial score (nSPS) is 10.4. The predicted octanol–water partition coefficient (Wildman–Crippen LogP) is 2.87. The van der Waals surface area contributed by atoms with E-state index >= 15 is 0 Å². The lowest BCUT2D eigenvalue weighted by molar-refractivity contribution is 0.286. The van der Waals surface area contributed by atoms with Crippen LogP contribution in [0.3, 0.4) is 0 Å². The first kappa shape index (κ1) is 12.7. The van der Waals surface area contributed by atoms with Gasteiger partial charge in [-0.2, -0.15) is 5.26 Å². The molecule has 0 aromatic heterocycles. The van der Waals surface area contributed by atoms with Gasteiger partial charge in [-0.15, -0.1) is 0 Å². The molecule has 1 aromatic carbocycles. The van der Waals surface area contributed by atoms with E-state index in [-0.39, 0.29) is 5.82 Å². The van der Waals surface area contributed by atoms with E-state index in [9.17, 15) is 4.39 Å². The Kier molecular flexibility index (Phi) is 4.94. The Morgan fingerprint density at radius 1 is 1.44 bits per heavy atom. The van der Waals surface area contributed by atoms with Crippen molar-refractivity contribution in [3.05, 3.63) is 35.1 Å². The number of nitrogens with zero attached hydrogens (tertiary/aromatic N) is 2. The summed E-state index contributed by atoms with van der Waals surface area (Å²) in [7, 11) is 0. The monoisotopic (exact) mass is 220 g/mol. The molecule has 0 N–H and O–H groups in total. The Balaban J connectivity index is 2.67. The van der Waals surface area contributed by atoms with Crippen LogP contribution in [0.2, 0.25) is 0 Å². The Bertz CT molecular complexity index is 382.